The van der Waals surface area contributed by atoms with Gasteiger partial charge in [-0.3, -0.25) is 4.18 Å². The average Bonchev–Trinajstić information content (AvgIpc) is 2.25. The average molecular weight is 239 g/mol. The maximum atomic E-state index is 11.0. The molecule has 1 rings (SSSR count). The van der Waals surface area contributed by atoms with E-state index in [1.54, 1.807) is 24.3 Å². The molecular formula is C11H13NO3S. The predicted molar refractivity (Wildman–Crippen MR) is 60.1 cm³/mol. The Kier molecular flexibility index (Phi) is 4.05. The van der Waals surface area contributed by atoms with Crippen molar-refractivity contribution >= 4 is 10.1 Å². The van der Waals surface area contributed by atoms with E-state index < -0.39 is 16.2 Å². The third-order valence-corrected chi connectivity index (χ3v) is 2.63. The molecule has 0 radical (unpaired) electrons. The fraction of sp³-hybridized carbons (Fsp3) is 0.364. The van der Waals surface area contributed by atoms with Crippen molar-refractivity contribution in [3.63, 3.8) is 0 Å². The Bertz CT molecular complexity index is 502. The summed E-state index contributed by atoms with van der Waals surface area (Å²) in [6.45, 7) is 1.83. The van der Waals surface area contributed by atoms with Crippen LogP contribution >= 0.6 is 0 Å². The molecule has 0 amide bonds. The van der Waals surface area contributed by atoms with Crippen LogP contribution in [0.25, 0.3) is 0 Å². The number of nitriles is 1. The van der Waals surface area contributed by atoms with Gasteiger partial charge >= 0.3 is 0 Å². The van der Waals surface area contributed by atoms with Crippen LogP contribution in [0.5, 0.6) is 0 Å². The molecule has 4 nitrogen and oxygen atoms in total. The fourth-order valence-electron chi connectivity index (χ4n) is 1.38. The van der Waals surface area contributed by atoms with Crippen LogP contribution in [0.1, 0.15) is 30.6 Å². The molecule has 0 saturated heterocycles. The van der Waals surface area contributed by atoms with Crippen LogP contribution in [0.15, 0.2) is 24.3 Å². The Balaban J connectivity index is 3.00. The standard InChI is InChI=1S/C11H13NO3S/c1-3-11(15-16(2,13)14)10-6-4-5-9(7-10)8-12/h4-7,11H,3H2,1-2H3/t11-/m1/s1. The first kappa shape index (κ1) is 12.7. The van der Waals surface area contributed by atoms with Crippen molar-refractivity contribution in [1.29, 1.82) is 5.26 Å². The van der Waals surface area contributed by atoms with Gasteiger partial charge in [0.2, 0.25) is 0 Å². The number of hydrogen-bond acceptors (Lipinski definition) is 4. The van der Waals surface area contributed by atoms with Crippen LogP contribution in [0.2, 0.25) is 0 Å². The molecule has 0 fully saturated rings. The Labute approximate surface area is 95.6 Å². The summed E-state index contributed by atoms with van der Waals surface area (Å²) in [5, 5.41) is 8.74. The monoisotopic (exact) mass is 239 g/mol. The molecule has 0 N–H and O–H groups in total. The van der Waals surface area contributed by atoms with Crippen molar-refractivity contribution < 1.29 is 12.6 Å². The van der Waals surface area contributed by atoms with Gasteiger partial charge in [0.05, 0.1) is 17.9 Å². The lowest BCUT2D eigenvalue weighted by molar-refractivity contribution is 0.211. The van der Waals surface area contributed by atoms with E-state index in [9.17, 15) is 8.42 Å². The van der Waals surface area contributed by atoms with E-state index >= 15 is 0 Å². The van der Waals surface area contributed by atoms with E-state index in [2.05, 4.69) is 0 Å². The van der Waals surface area contributed by atoms with E-state index in [1.165, 1.54) is 0 Å². The zero-order valence-electron chi connectivity index (χ0n) is 9.17. The van der Waals surface area contributed by atoms with Gasteiger partial charge in [-0.1, -0.05) is 19.1 Å². The van der Waals surface area contributed by atoms with Gasteiger partial charge in [-0.25, -0.2) is 0 Å². The summed E-state index contributed by atoms with van der Waals surface area (Å²) in [5.41, 5.74) is 1.19. The highest BCUT2D eigenvalue weighted by Gasteiger charge is 2.15. The number of nitrogens with zero attached hydrogens (tertiary/aromatic N) is 1. The molecule has 0 bridgehead atoms. The first-order valence-corrected chi connectivity index (χ1v) is 6.66. The highest BCUT2D eigenvalue weighted by atomic mass is 32.2. The van der Waals surface area contributed by atoms with Crippen LogP contribution in [0.3, 0.4) is 0 Å². The van der Waals surface area contributed by atoms with Gasteiger partial charge in [0.1, 0.15) is 6.10 Å². The van der Waals surface area contributed by atoms with E-state index in [0.717, 1.165) is 6.26 Å². The van der Waals surface area contributed by atoms with Gasteiger partial charge in [-0.2, -0.15) is 13.7 Å². The summed E-state index contributed by atoms with van der Waals surface area (Å²) in [4.78, 5) is 0. The minimum atomic E-state index is -3.49. The predicted octanol–water partition coefficient (Wildman–Crippen LogP) is 1.99. The van der Waals surface area contributed by atoms with E-state index in [1.807, 2.05) is 13.0 Å². The first-order valence-electron chi connectivity index (χ1n) is 4.84. The highest BCUT2D eigenvalue weighted by molar-refractivity contribution is 7.86. The minimum absolute atomic E-state index is 0.494. The quantitative estimate of drug-likeness (QED) is 0.753. The molecule has 0 aromatic heterocycles. The van der Waals surface area contributed by atoms with E-state index in [-0.39, 0.29) is 0 Å². The van der Waals surface area contributed by atoms with Crippen LogP contribution in [0, 0.1) is 11.3 Å². The molecule has 0 heterocycles. The van der Waals surface area contributed by atoms with Gasteiger partial charge in [0, 0.05) is 0 Å². The molecular weight excluding hydrogens is 226 g/mol. The smallest absolute Gasteiger partial charge is 0.262 e. The number of hydrogen-bond donors (Lipinski definition) is 0. The van der Waals surface area contributed by atoms with Gasteiger partial charge in [0.15, 0.2) is 0 Å². The Morgan fingerprint density at radius 1 is 1.50 bits per heavy atom. The van der Waals surface area contributed by atoms with Crippen LogP contribution in [-0.2, 0) is 14.3 Å². The molecule has 0 aliphatic carbocycles. The van der Waals surface area contributed by atoms with E-state index in [0.29, 0.717) is 17.5 Å². The van der Waals surface area contributed by atoms with Crippen molar-refractivity contribution in [2.75, 3.05) is 6.26 Å². The molecule has 0 aliphatic rings. The summed E-state index contributed by atoms with van der Waals surface area (Å²) in [6.07, 6.45) is 1.02. The fourth-order valence-corrected chi connectivity index (χ4v) is 2.05. The van der Waals surface area contributed by atoms with Crippen LogP contribution < -0.4 is 0 Å². The molecule has 1 atom stereocenters. The highest BCUT2D eigenvalue weighted by Crippen LogP contribution is 2.23. The maximum absolute atomic E-state index is 11.0. The van der Waals surface area contributed by atoms with Gasteiger partial charge in [-0.05, 0) is 24.1 Å². The molecule has 0 aliphatic heterocycles. The minimum Gasteiger partial charge on any atom is -0.262 e. The Hall–Kier alpha value is -1.38. The zero-order valence-corrected chi connectivity index (χ0v) is 9.99. The second-order valence-electron chi connectivity index (χ2n) is 3.43. The lowest BCUT2D eigenvalue weighted by Gasteiger charge is -2.14. The van der Waals surface area contributed by atoms with E-state index in [4.69, 9.17) is 9.44 Å². The number of rotatable bonds is 4. The topological polar surface area (TPSA) is 67.2 Å². The second kappa shape index (κ2) is 5.10. The molecule has 0 spiro atoms. The SMILES string of the molecule is CC[C@@H](OS(C)(=O)=O)c1cccc(C#N)c1. The van der Waals surface area contributed by atoms with Crippen molar-refractivity contribution in [1.82, 2.24) is 0 Å². The first-order chi connectivity index (χ1) is 7.46. The zero-order chi connectivity index (χ0) is 12.2. The third kappa shape index (κ3) is 3.65. The largest absolute Gasteiger partial charge is 0.264 e. The van der Waals surface area contributed by atoms with Crippen molar-refractivity contribution in [2.24, 2.45) is 0 Å². The van der Waals surface area contributed by atoms with Crippen molar-refractivity contribution in [3.05, 3.63) is 35.4 Å². The second-order valence-corrected chi connectivity index (χ2v) is 5.04. The summed E-state index contributed by atoms with van der Waals surface area (Å²) in [7, 11) is -3.49. The summed E-state index contributed by atoms with van der Waals surface area (Å²) in [5.74, 6) is 0. The van der Waals surface area contributed by atoms with Crippen molar-refractivity contribution in [2.45, 2.75) is 19.4 Å². The normalized spacial score (nSPS) is 13.1. The van der Waals surface area contributed by atoms with Crippen LogP contribution in [-0.4, -0.2) is 14.7 Å². The Morgan fingerprint density at radius 3 is 2.69 bits per heavy atom. The lowest BCUT2D eigenvalue weighted by Crippen LogP contribution is -2.09. The third-order valence-electron chi connectivity index (χ3n) is 2.05. The van der Waals surface area contributed by atoms with Gasteiger partial charge < -0.3 is 0 Å². The molecule has 1 aromatic rings. The maximum Gasteiger partial charge on any atom is 0.264 e. The molecule has 1 aromatic carbocycles. The molecule has 5 heteroatoms. The summed E-state index contributed by atoms with van der Waals surface area (Å²) >= 11 is 0. The summed E-state index contributed by atoms with van der Waals surface area (Å²) in [6, 6.07) is 8.77. The Morgan fingerprint density at radius 2 is 2.19 bits per heavy atom. The molecule has 0 unspecified atom stereocenters. The lowest BCUT2D eigenvalue weighted by atomic mass is 10.1. The van der Waals surface area contributed by atoms with Crippen molar-refractivity contribution in [3.8, 4) is 6.07 Å². The molecule has 86 valence electrons. The van der Waals surface area contributed by atoms with Gasteiger partial charge in [0.25, 0.3) is 10.1 Å². The number of benzene rings is 1. The van der Waals surface area contributed by atoms with Gasteiger partial charge in [-0.15, -0.1) is 0 Å². The molecule has 0 saturated carbocycles. The van der Waals surface area contributed by atoms with Crippen LogP contribution in [0.4, 0.5) is 0 Å². The molecule has 16 heavy (non-hydrogen) atoms. The summed E-state index contributed by atoms with van der Waals surface area (Å²) < 4.78 is 27.0.